The Morgan fingerprint density at radius 3 is 2.31 bits per heavy atom. The van der Waals surface area contributed by atoms with Gasteiger partial charge in [-0.2, -0.15) is 0 Å². The number of aromatic nitrogens is 2. The summed E-state index contributed by atoms with van der Waals surface area (Å²) in [6.45, 7) is 14.6. The van der Waals surface area contributed by atoms with Crippen molar-refractivity contribution in [2.45, 2.75) is 60.5 Å². The fraction of sp³-hybridized carbons (Fsp3) is 0.500. The molecule has 36 heavy (non-hydrogen) atoms. The molecule has 1 unspecified atom stereocenters. The number of carbonyl (C=O) groups is 2. The monoisotopic (exact) mass is 495 g/mol. The summed E-state index contributed by atoms with van der Waals surface area (Å²) in [7, 11) is 1.61. The Hall–Kier alpha value is -3.44. The summed E-state index contributed by atoms with van der Waals surface area (Å²) >= 11 is 0. The third kappa shape index (κ3) is 9.67. The molecule has 1 atom stereocenters. The van der Waals surface area contributed by atoms with Crippen molar-refractivity contribution < 1.29 is 14.7 Å². The molecule has 8 heteroatoms. The summed E-state index contributed by atoms with van der Waals surface area (Å²) in [6, 6.07) is 8.72. The average molecular weight is 496 g/mol. The van der Waals surface area contributed by atoms with Crippen LogP contribution in [0.25, 0.3) is 11.4 Å². The van der Waals surface area contributed by atoms with Gasteiger partial charge >= 0.3 is 0 Å². The number of carbonyl (C=O) groups excluding carboxylic acids is 2. The summed E-state index contributed by atoms with van der Waals surface area (Å²) in [4.78, 5) is 36.1. The number of amides is 2. The Labute approximate surface area is 215 Å². The van der Waals surface area contributed by atoms with Gasteiger partial charge in [0.2, 0.25) is 0 Å². The summed E-state index contributed by atoms with van der Waals surface area (Å²) in [6.07, 6.45) is 0.754. The lowest BCUT2D eigenvalue weighted by Gasteiger charge is -2.17. The predicted molar refractivity (Wildman–Crippen MR) is 145 cm³/mol. The fourth-order valence-electron chi connectivity index (χ4n) is 3.11. The number of likely N-dealkylation sites (N-methyl/N-ethyl adjacent to an activating group) is 1. The molecule has 0 aliphatic carbocycles. The van der Waals surface area contributed by atoms with Crippen LogP contribution < -0.4 is 10.6 Å². The first-order chi connectivity index (χ1) is 17.1. The van der Waals surface area contributed by atoms with Gasteiger partial charge in [-0.15, -0.1) is 0 Å². The van der Waals surface area contributed by atoms with E-state index < -0.39 is 17.9 Å². The molecule has 196 valence electrons. The van der Waals surface area contributed by atoms with Crippen LogP contribution >= 0.6 is 0 Å². The lowest BCUT2D eigenvalue weighted by atomic mass is 10.1. The van der Waals surface area contributed by atoms with Crippen LogP contribution in [0.2, 0.25) is 0 Å². The van der Waals surface area contributed by atoms with Gasteiger partial charge in [-0.3, -0.25) is 9.59 Å². The molecule has 3 rings (SSSR count). The number of benzene rings is 1. The van der Waals surface area contributed by atoms with Crippen molar-refractivity contribution in [3.05, 3.63) is 41.6 Å². The van der Waals surface area contributed by atoms with Gasteiger partial charge in [-0.1, -0.05) is 58.6 Å². The van der Waals surface area contributed by atoms with Crippen molar-refractivity contribution in [1.29, 1.82) is 0 Å². The van der Waals surface area contributed by atoms with E-state index >= 15 is 0 Å². The van der Waals surface area contributed by atoms with E-state index in [-0.39, 0.29) is 5.69 Å². The minimum Gasteiger partial charge on any atom is -0.372 e. The van der Waals surface area contributed by atoms with E-state index in [1.54, 1.807) is 31.3 Å². The number of nitrogens with zero attached hydrogens (tertiary/aromatic N) is 4. The molecule has 1 saturated heterocycles. The normalized spacial score (nSPS) is 12.9. The molecule has 1 aromatic heterocycles. The van der Waals surface area contributed by atoms with Gasteiger partial charge < -0.3 is 20.6 Å². The molecule has 3 N–H and O–H groups in total. The zero-order valence-corrected chi connectivity index (χ0v) is 22.7. The van der Waals surface area contributed by atoms with Gasteiger partial charge in [0.1, 0.15) is 11.5 Å². The molecule has 2 aromatic rings. The van der Waals surface area contributed by atoms with Crippen LogP contribution in [-0.2, 0) is 4.79 Å². The Balaban J connectivity index is 0.000000982. The Bertz CT molecular complexity index is 1050. The number of hydrogen-bond donors (Lipinski definition) is 2. The molecule has 1 aliphatic rings. The standard InChI is InChI=1S/C22H25N5O3.C4H10.C2H6/c1-3-26(2)22(30)18(28)10-9-15-7-6-8-16(13-15)21-24-17(20(23)29)14-19(25-21)27-11-4-5-12-27;1-4(2)3;1-2/h6-8,13-14,18,28H,3-5,11-12H2,1-2H3,(H2,23,29);4H,1-3H3;1-2H3. The molecule has 1 aromatic carbocycles. The molecule has 0 saturated carbocycles. The van der Waals surface area contributed by atoms with Crippen LogP contribution in [0.5, 0.6) is 0 Å². The first-order valence-electron chi connectivity index (χ1n) is 12.6. The number of rotatable bonds is 5. The maximum absolute atomic E-state index is 12.0. The lowest BCUT2D eigenvalue weighted by molar-refractivity contribution is -0.135. The van der Waals surface area contributed by atoms with Crippen molar-refractivity contribution in [3.8, 4) is 23.2 Å². The predicted octanol–water partition coefficient (Wildman–Crippen LogP) is 3.72. The van der Waals surface area contributed by atoms with E-state index in [0.717, 1.165) is 31.8 Å². The van der Waals surface area contributed by atoms with E-state index in [1.807, 2.05) is 26.8 Å². The average Bonchev–Trinajstić information content (AvgIpc) is 3.42. The Morgan fingerprint density at radius 1 is 1.14 bits per heavy atom. The van der Waals surface area contributed by atoms with Gasteiger partial charge in [0.05, 0.1) is 0 Å². The zero-order valence-electron chi connectivity index (χ0n) is 22.7. The summed E-state index contributed by atoms with van der Waals surface area (Å²) in [5.41, 5.74) is 6.88. The quantitative estimate of drug-likeness (QED) is 0.612. The van der Waals surface area contributed by atoms with E-state index in [9.17, 15) is 14.7 Å². The molecule has 0 bridgehead atoms. The van der Waals surface area contributed by atoms with Crippen LogP contribution in [0.3, 0.4) is 0 Å². The van der Waals surface area contributed by atoms with Crippen molar-refractivity contribution in [2.75, 3.05) is 31.6 Å². The molecule has 2 amide bonds. The van der Waals surface area contributed by atoms with E-state index in [1.165, 1.54) is 4.90 Å². The molecular weight excluding hydrogens is 454 g/mol. The highest BCUT2D eigenvalue weighted by atomic mass is 16.3. The maximum atomic E-state index is 12.0. The number of aliphatic hydroxyl groups excluding tert-OH is 1. The second-order valence-corrected chi connectivity index (χ2v) is 8.83. The molecule has 0 spiro atoms. The lowest BCUT2D eigenvalue weighted by Crippen LogP contribution is -2.35. The Kier molecular flexibility index (Phi) is 13.2. The first kappa shape index (κ1) is 30.6. The van der Waals surface area contributed by atoms with Crippen LogP contribution in [0, 0.1) is 17.8 Å². The van der Waals surface area contributed by atoms with Gasteiger partial charge in [0.25, 0.3) is 11.8 Å². The van der Waals surface area contributed by atoms with Crippen molar-refractivity contribution >= 4 is 17.6 Å². The van der Waals surface area contributed by atoms with Crippen LogP contribution in [-0.4, -0.2) is 64.6 Å². The summed E-state index contributed by atoms with van der Waals surface area (Å²) < 4.78 is 0. The van der Waals surface area contributed by atoms with E-state index in [2.05, 4.69) is 47.5 Å². The summed E-state index contributed by atoms with van der Waals surface area (Å²) in [5.74, 6) is 6.20. The molecule has 1 fully saturated rings. The molecule has 0 radical (unpaired) electrons. The van der Waals surface area contributed by atoms with Gasteiger partial charge in [0.15, 0.2) is 11.9 Å². The molecule has 2 heterocycles. The highest BCUT2D eigenvalue weighted by Crippen LogP contribution is 2.23. The second-order valence-electron chi connectivity index (χ2n) is 8.83. The maximum Gasteiger partial charge on any atom is 0.267 e. The van der Waals surface area contributed by atoms with E-state index in [4.69, 9.17) is 5.73 Å². The summed E-state index contributed by atoms with van der Waals surface area (Å²) in [5, 5.41) is 9.98. The minimum atomic E-state index is -1.39. The number of anilines is 1. The third-order valence-electron chi connectivity index (χ3n) is 4.95. The zero-order chi connectivity index (χ0) is 27.3. The van der Waals surface area contributed by atoms with Crippen LogP contribution in [0.1, 0.15) is 70.4 Å². The number of nitrogens with two attached hydrogens (primary N) is 1. The van der Waals surface area contributed by atoms with Crippen molar-refractivity contribution in [3.63, 3.8) is 0 Å². The second kappa shape index (κ2) is 15.5. The highest BCUT2D eigenvalue weighted by Gasteiger charge is 2.18. The minimum absolute atomic E-state index is 0.155. The SMILES string of the molecule is CC.CC(C)C.CCN(C)C(=O)C(O)C#Cc1cccc(-c2nc(C(N)=O)cc(N3CCCC3)n2)c1. The fourth-order valence-corrected chi connectivity index (χ4v) is 3.11. The van der Waals surface area contributed by atoms with Gasteiger partial charge in [-0.25, -0.2) is 9.97 Å². The Morgan fingerprint density at radius 2 is 1.75 bits per heavy atom. The number of primary amides is 1. The van der Waals surface area contributed by atoms with E-state index in [0.29, 0.717) is 29.3 Å². The smallest absolute Gasteiger partial charge is 0.267 e. The number of aliphatic hydroxyl groups is 1. The van der Waals surface area contributed by atoms with Crippen LogP contribution in [0.4, 0.5) is 5.82 Å². The van der Waals surface area contributed by atoms with Gasteiger partial charge in [0, 0.05) is 43.9 Å². The largest absolute Gasteiger partial charge is 0.372 e. The number of hydrogen-bond acceptors (Lipinski definition) is 6. The van der Waals surface area contributed by atoms with Crippen molar-refractivity contribution in [1.82, 2.24) is 14.9 Å². The van der Waals surface area contributed by atoms with Crippen LogP contribution in [0.15, 0.2) is 30.3 Å². The molecular formula is C28H41N5O3. The first-order valence-corrected chi connectivity index (χ1v) is 12.6. The third-order valence-corrected chi connectivity index (χ3v) is 4.95. The van der Waals surface area contributed by atoms with Crippen molar-refractivity contribution in [2.24, 2.45) is 11.7 Å². The highest BCUT2D eigenvalue weighted by molar-refractivity contribution is 5.92. The topological polar surface area (TPSA) is 113 Å². The molecule has 1 aliphatic heterocycles. The molecule has 8 nitrogen and oxygen atoms in total. The van der Waals surface area contributed by atoms with Gasteiger partial charge in [-0.05, 0) is 37.8 Å².